The number of hydrogen-bond donors (Lipinski definition) is 3. The highest BCUT2D eigenvalue weighted by Gasteiger charge is 2.27. The first-order chi connectivity index (χ1) is 11.8. The molecule has 10 heteroatoms. The van der Waals surface area contributed by atoms with E-state index in [2.05, 4.69) is 16.0 Å². The molecule has 7 nitrogen and oxygen atoms in total. The van der Waals surface area contributed by atoms with E-state index in [1.54, 1.807) is 0 Å². The maximum Gasteiger partial charge on any atom is 0.341 e. The van der Waals surface area contributed by atoms with Crippen LogP contribution in [-0.4, -0.2) is 52.4 Å². The number of ether oxygens (including phenoxy) is 1. The summed E-state index contributed by atoms with van der Waals surface area (Å²) in [4.78, 5) is 11.7. The Labute approximate surface area is 145 Å². The van der Waals surface area contributed by atoms with Crippen LogP contribution in [0.3, 0.4) is 0 Å². The van der Waals surface area contributed by atoms with Crippen LogP contribution in [0.25, 0.3) is 0 Å². The number of nitrogens with one attached hydrogen (secondary N) is 3. The van der Waals surface area contributed by atoms with E-state index in [0.29, 0.717) is 32.0 Å². The highest BCUT2D eigenvalue weighted by molar-refractivity contribution is 7.91. The fraction of sp³-hybridized carbons (Fsp3) is 0.533. The van der Waals surface area contributed by atoms with Gasteiger partial charge in [-0.1, -0.05) is 0 Å². The highest BCUT2D eigenvalue weighted by atomic mass is 32.2. The van der Waals surface area contributed by atoms with Crippen molar-refractivity contribution in [1.82, 2.24) is 5.32 Å². The monoisotopic (exact) mass is 377 g/mol. The lowest BCUT2D eigenvalue weighted by molar-refractivity contribution is -0.117. The zero-order valence-corrected chi connectivity index (χ0v) is 14.5. The van der Waals surface area contributed by atoms with Gasteiger partial charge in [0.15, 0.2) is 0 Å². The molecule has 0 radical (unpaired) electrons. The Bertz CT molecular complexity index is 707. The van der Waals surface area contributed by atoms with Crippen molar-refractivity contribution in [3.8, 4) is 0 Å². The van der Waals surface area contributed by atoms with Gasteiger partial charge in [-0.05, 0) is 25.1 Å². The number of hydrogen-bond acceptors (Lipinski definition) is 6. The van der Waals surface area contributed by atoms with E-state index in [9.17, 15) is 22.0 Å². The fourth-order valence-electron chi connectivity index (χ4n) is 2.43. The minimum absolute atomic E-state index is 0.122. The van der Waals surface area contributed by atoms with Crippen molar-refractivity contribution < 1.29 is 26.7 Å². The van der Waals surface area contributed by atoms with Crippen LogP contribution >= 0.6 is 0 Å². The van der Waals surface area contributed by atoms with Gasteiger partial charge < -0.3 is 20.7 Å². The predicted molar refractivity (Wildman–Crippen MR) is 89.7 cm³/mol. The molecule has 0 saturated carbocycles. The molecular weight excluding hydrogens is 356 g/mol. The highest BCUT2D eigenvalue weighted by Crippen LogP contribution is 2.28. The molecule has 1 aliphatic rings. The van der Waals surface area contributed by atoms with Crippen LogP contribution in [0.5, 0.6) is 0 Å². The molecule has 1 fully saturated rings. The average Bonchev–Trinajstić information content (AvgIpc) is 2.57. The zero-order valence-electron chi connectivity index (χ0n) is 13.7. The molecule has 25 heavy (non-hydrogen) atoms. The molecule has 0 aromatic heterocycles. The molecule has 140 valence electrons. The maximum atomic E-state index is 12.7. The number of rotatable bonds is 7. The van der Waals surface area contributed by atoms with Gasteiger partial charge in [0, 0.05) is 25.6 Å². The Morgan fingerprint density at radius 2 is 2.16 bits per heavy atom. The normalized spacial score (nSPS) is 18.2. The first kappa shape index (κ1) is 19.5. The van der Waals surface area contributed by atoms with Gasteiger partial charge in [-0.25, -0.2) is 8.42 Å². The number of anilines is 2. The summed E-state index contributed by atoms with van der Waals surface area (Å²) in [7, 11) is -4.74. The first-order valence-corrected chi connectivity index (χ1v) is 9.40. The maximum absolute atomic E-state index is 12.7. The van der Waals surface area contributed by atoms with E-state index in [0.717, 1.165) is 12.1 Å². The summed E-state index contributed by atoms with van der Waals surface area (Å²) in [6.45, 7) is 3.95. The van der Waals surface area contributed by atoms with Gasteiger partial charge >= 0.3 is 5.76 Å². The van der Waals surface area contributed by atoms with Crippen molar-refractivity contribution >= 4 is 27.1 Å². The van der Waals surface area contributed by atoms with Crippen molar-refractivity contribution in [2.45, 2.75) is 30.0 Å². The zero-order chi connectivity index (χ0) is 18.4. The largest absolute Gasteiger partial charge is 0.384 e. The third-order valence-corrected chi connectivity index (χ3v) is 5.01. The Balaban J connectivity index is 2.19. The minimum atomic E-state index is -4.74. The van der Waals surface area contributed by atoms with Gasteiger partial charge in [0.05, 0.1) is 29.5 Å². The Hall–Kier alpha value is -1.78. The van der Waals surface area contributed by atoms with Crippen LogP contribution in [0.4, 0.5) is 20.2 Å². The van der Waals surface area contributed by atoms with Crippen LogP contribution in [0.1, 0.15) is 13.3 Å². The molecule has 2 rings (SSSR count). The number of benzene rings is 1. The van der Waals surface area contributed by atoms with Crippen molar-refractivity contribution in [2.75, 3.05) is 36.9 Å². The molecular formula is C15H21F2N3O4S. The van der Waals surface area contributed by atoms with Crippen LogP contribution in [0, 0.1) is 0 Å². The summed E-state index contributed by atoms with van der Waals surface area (Å²) in [6, 6.07) is 3.34. The topological polar surface area (TPSA) is 96.5 Å². The molecule has 1 amide bonds. The average molecular weight is 377 g/mol. The Kier molecular flexibility index (Phi) is 6.68. The van der Waals surface area contributed by atoms with E-state index >= 15 is 0 Å². The van der Waals surface area contributed by atoms with Gasteiger partial charge in [-0.3, -0.25) is 4.79 Å². The molecule has 0 bridgehead atoms. The van der Waals surface area contributed by atoms with Crippen LogP contribution < -0.4 is 16.0 Å². The minimum Gasteiger partial charge on any atom is -0.384 e. The van der Waals surface area contributed by atoms with Crippen molar-refractivity contribution in [3.63, 3.8) is 0 Å². The second kappa shape index (κ2) is 8.54. The van der Waals surface area contributed by atoms with Gasteiger partial charge in [-0.15, -0.1) is 0 Å². The van der Waals surface area contributed by atoms with Crippen molar-refractivity contribution in [1.29, 1.82) is 0 Å². The summed E-state index contributed by atoms with van der Waals surface area (Å²) in [5.74, 6) is -3.89. The Morgan fingerprint density at radius 1 is 1.40 bits per heavy atom. The molecule has 0 aliphatic carbocycles. The number of halogens is 2. The van der Waals surface area contributed by atoms with E-state index in [-0.39, 0.29) is 24.1 Å². The standard InChI is InChI=1S/C15H21F2N3O4S/c1-2-18-12-4-3-11(25(22,23)15(16)17)8-13(12)20-14(21)7-10-9-24-6-5-19-10/h3-4,8,10,15,18-19H,2,5-7,9H2,1H3,(H,20,21). The molecule has 1 atom stereocenters. The molecule has 1 heterocycles. The van der Waals surface area contributed by atoms with Crippen molar-refractivity contribution in [2.24, 2.45) is 0 Å². The number of sulfone groups is 1. The number of amides is 1. The lowest BCUT2D eigenvalue weighted by atomic mass is 10.2. The summed E-state index contributed by atoms with van der Waals surface area (Å²) in [5.41, 5.74) is 0.599. The molecule has 1 aromatic rings. The molecule has 0 spiro atoms. The molecule has 1 unspecified atom stereocenters. The number of morpholine rings is 1. The fourth-order valence-corrected chi connectivity index (χ4v) is 3.17. The quantitative estimate of drug-likeness (QED) is 0.665. The third kappa shape index (κ3) is 5.10. The first-order valence-electron chi connectivity index (χ1n) is 7.85. The van der Waals surface area contributed by atoms with Gasteiger partial charge in [0.2, 0.25) is 15.7 Å². The van der Waals surface area contributed by atoms with Gasteiger partial charge in [0.25, 0.3) is 0 Å². The summed E-state index contributed by atoms with van der Waals surface area (Å²) in [6.07, 6.45) is 0.122. The van der Waals surface area contributed by atoms with E-state index in [1.807, 2.05) is 6.92 Å². The van der Waals surface area contributed by atoms with E-state index < -0.39 is 20.5 Å². The molecule has 1 saturated heterocycles. The van der Waals surface area contributed by atoms with Gasteiger partial charge in [0.1, 0.15) is 0 Å². The number of alkyl halides is 2. The predicted octanol–water partition coefficient (Wildman–Crippen LogP) is 1.43. The van der Waals surface area contributed by atoms with Crippen molar-refractivity contribution in [3.05, 3.63) is 18.2 Å². The molecule has 3 N–H and O–H groups in total. The lowest BCUT2D eigenvalue weighted by Crippen LogP contribution is -2.43. The van der Waals surface area contributed by atoms with Crippen LogP contribution in [-0.2, 0) is 19.4 Å². The number of carbonyl (C=O) groups is 1. The number of carbonyl (C=O) groups excluding carboxylic acids is 1. The molecule has 1 aliphatic heterocycles. The second-order valence-electron chi connectivity index (χ2n) is 5.52. The smallest absolute Gasteiger partial charge is 0.341 e. The lowest BCUT2D eigenvalue weighted by Gasteiger charge is -2.23. The van der Waals surface area contributed by atoms with Crippen LogP contribution in [0.15, 0.2) is 23.1 Å². The second-order valence-corrected chi connectivity index (χ2v) is 7.44. The summed E-state index contributed by atoms with van der Waals surface area (Å²) < 4.78 is 54.0. The van der Waals surface area contributed by atoms with E-state index in [1.165, 1.54) is 6.07 Å². The summed E-state index contributed by atoms with van der Waals surface area (Å²) in [5, 5.41) is 8.67. The molecule has 1 aromatic carbocycles. The SMILES string of the molecule is CCNc1ccc(S(=O)(=O)C(F)F)cc1NC(=O)CC1COCCN1. The third-order valence-electron chi connectivity index (χ3n) is 3.63. The Morgan fingerprint density at radius 3 is 2.76 bits per heavy atom. The van der Waals surface area contributed by atoms with Gasteiger partial charge in [-0.2, -0.15) is 8.78 Å². The summed E-state index contributed by atoms with van der Waals surface area (Å²) >= 11 is 0. The van der Waals surface area contributed by atoms with Crippen LogP contribution in [0.2, 0.25) is 0 Å². The van der Waals surface area contributed by atoms with E-state index in [4.69, 9.17) is 4.74 Å².